The summed E-state index contributed by atoms with van der Waals surface area (Å²) in [6.45, 7) is 6.29. The van der Waals surface area contributed by atoms with Gasteiger partial charge in [-0.15, -0.1) is 11.8 Å². The highest BCUT2D eigenvalue weighted by molar-refractivity contribution is 8.06. The van der Waals surface area contributed by atoms with E-state index < -0.39 is 114 Å². The number of phenols is 1. The standard InChI is InChI=1S/C40H52N6O13S/c1-21(47)34(40(2,3)4)46-39(59)29(19-33(53)54)45-37(57)27(17-23-10-12-24(48)13-11-23)42-36(56)26(16-22-8-6-5-7-9-22)43-38(58)28(18-32(51)52)44-35(55)25(14-15-31(49)50)41-30-20-60-30/h5-13,25-30,34,41,48H,14-20H2,1-4H3,(H,42,56)(H,43,58)(H,44,55)(H,45,57)(H,46,59)(H,49,50)(H,51,52)(H,53,54)/t25-,26-,27-,28-,29-,30?,34+/m0/s1. The molecular formula is C40H52N6O13S. The Balaban J connectivity index is 1.95. The van der Waals surface area contributed by atoms with Crippen LogP contribution in [0.2, 0.25) is 0 Å². The maximum atomic E-state index is 14.2. The first kappa shape index (κ1) is 48.3. The van der Waals surface area contributed by atoms with Gasteiger partial charge >= 0.3 is 17.9 Å². The van der Waals surface area contributed by atoms with Crippen molar-refractivity contribution in [1.29, 1.82) is 0 Å². The van der Waals surface area contributed by atoms with Crippen LogP contribution in [-0.4, -0.2) is 121 Å². The predicted octanol–water partition coefficient (Wildman–Crippen LogP) is 0.0818. The number of carboxylic acid groups (broad SMARTS) is 3. The molecule has 7 atom stereocenters. The van der Waals surface area contributed by atoms with Crippen LogP contribution in [0.5, 0.6) is 5.75 Å². The minimum absolute atomic E-state index is 0.107. The van der Waals surface area contributed by atoms with E-state index in [1.807, 2.05) is 0 Å². The molecule has 0 aromatic heterocycles. The Bertz CT molecular complexity index is 1890. The number of nitrogens with one attached hydrogen (secondary N) is 6. The third-order valence-electron chi connectivity index (χ3n) is 9.19. The first-order valence-corrected chi connectivity index (χ1v) is 20.0. The minimum Gasteiger partial charge on any atom is -0.508 e. The summed E-state index contributed by atoms with van der Waals surface area (Å²) in [7, 11) is 0. The van der Waals surface area contributed by atoms with Gasteiger partial charge in [0.2, 0.25) is 29.5 Å². The SMILES string of the molecule is CC(=O)[C@@H](NC(=O)[C@H](CC(=O)O)NC(=O)[C@H](Cc1ccc(O)cc1)NC(=O)[C@H](Cc1ccccc1)NC(=O)[C@H](CC(=O)O)NC(=O)[C@H](CCC(=O)O)NC1CS1)C(C)(C)C. The second-order valence-electron chi connectivity index (χ2n) is 15.4. The van der Waals surface area contributed by atoms with Crippen molar-refractivity contribution < 1.29 is 63.6 Å². The quantitative estimate of drug-likeness (QED) is 0.0626. The van der Waals surface area contributed by atoms with Crippen molar-refractivity contribution in [3.63, 3.8) is 0 Å². The van der Waals surface area contributed by atoms with Gasteiger partial charge < -0.3 is 47.0 Å². The van der Waals surface area contributed by atoms with Crippen LogP contribution >= 0.6 is 11.8 Å². The average molecular weight is 857 g/mol. The van der Waals surface area contributed by atoms with Gasteiger partial charge in [-0.25, -0.2) is 0 Å². The van der Waals surface area contributed by atoms with Crippen LogP contribution in [-0.2, 0) is 56.0 Å². The van der Waals surface area contributed by atoms with E-state index in [1.54, 1.807) is 51.1 Å². The van der Waals surface area contributed by atoms with E-state index in [0.29, 0.717) is 16.9 Å². The molecule has 1 saturated heterocycles. The summed E-state index contributed by atoms with van der Waals surface area (Å²) >= 11 is 1.46. The minimum atomic E-state index is -1.74. The Hall–Kier alpha value is -6.02. The molecule has 1 fully saturated rings. The zero-order chi connectivity index (χ0) is 44.7. The fourth-order valence-corrected chi connectivity index (χ4v) is 6.54. The van der Waals surface area contributed by atoms with Crippen molar-refractivity contribution in [2.24, 2.45) is 5.41 Å². The smallest absolute Gasteiger partial charge is 0.305 e. The summed E-state index contributed by atoms with van der Waals surface area (Å²) in [5.41, 5.74) is 0.141. The molecule has 0 saturated carbocycles. The van der Waals surface area contributed by atoms with Crippen LogP contribution in [0.25, 0.3) is 0 Å². The Labute approximate surface area is 350 Å². The van der Waals surface area contributed by atoms with Crippen LogP contribution in [0, 0.1) is 5.41 Å². The van der Waals surface area contributed by atoms with Gasteiger partial charge in [0.05, 0.1) is 30.3 Å². The maximum Gasteiger partial charge on any atom is 0.305 e. The van der Waals surface area contributed by atoms with E-state index in [2.05, 4.69) is 31.9 Å². The lowest BCUT2D eigenvalue weighted by Crippen LogP contribution is -2.61. The number of carboxylic acids is 3. The molecule has 0 radical (unpaired) electrons. The van der Waals surface area contributed by atoms with Crippen LogP contribution in [0.4, 0.5) is 0 Å². The second-order valence-corrected chi connectivity index (χ2v) is 16.6. The van der Waals surface area contributed by atoms with Crippen LogP contribution in [0.1, 0.15) is 64.5 Å². The monoisotopic (exact) mass is 856 g/mol. The van der Waals surface area contributed by atoms with Gasteiger partial charge in [-0.05, 0) is 42.0 Å². The van der Waals surface area contributed by atoms with Gasteiger partial charge in [0.1, 0.15) is 29.9 Å². The number of carbonyl (C=O) groups excluding carboxylic acids is 6. The molecule has 1 aliphatic heterocycles. The van der Waals surface area contributed by atoms with Gasteiger partial charge in [0, 0.05) is 25.0 Å². The number of ketones is 1. The number of thioether (sulfide) groups is 1. The van der Waals surface area contributed by atoms with Gasteiger partial charge in [0.15, 0.2) is 5.78 Å². The largest absolute Gasteiger partial charge is 0.508 e. The van der Waals surface area contributed by atoms with E-state index in [4.69, 9.17) is 0 Å². The molecule has 19 nitrogen and oxygen atoms in total. The fraction of sp³-hybridized carbons (Fsp3) is 0.475. The predicted molar refractivity (Wildman–Crippen MR) is 216 cm³/mol. The maximum absolute atomic E-state index is 14.2. The van der Waals surface area contributed by atoms with E-state index in [0.717, 1.165) is 0 Å². The topological polar surface area (TPSA) is 307 Å². The second kappa shape index (κ2) is 22.4. The number of carbonyl (C=O) groups is 9. The number of aliphatic carboxylic acids is 3. The Morgan fingerprint density at radius 2 is 1.03 bits per heavy atom. The summed E-state index contributed by atoms with van der Waals surface area (Å²) in [5, 5.41) is 53.4. The molecule has 20 heteroatoms. The third kappa shape index (κ3) is 16.7. The van der Waals surface area contributed by atoms with Crippen LogP contribution in [0.3, 0.4) is 0 Å². The third-order valence-corrected chi connectivity index (χ3v) is 9.99. The van der Waals surface area contributed by atoms with Crippen molar-refractivity contribution in [3.05, 3.63) is 65.7 Å². The Morgan fingerprint density at radius 1 is 0.617 bits per heavy atom. The highest BCUT2D eigenvalue weighted by Gasteiger charge is 2.37. The molecule has 5 amide bonds. The molecule has 1 unspecified atom stereocenters. The van der Waals surface area contributed by atoms with Gasteiger partial charge in [0.25, 0.3) is 0 Å². The molecular weight excluding hydrogens is 805 g/mol. The molecule has 2 aromatic rings. The van der Waals surface area contributed by atoms with Crippen LogP contribution in [0.15, 0.2) is 54.6 Å². The average Bonchev–Trinajstić information content (AvgIpc) is 3.98. The highest BCUT2D eigenvalue weighted by atomic mass is 32.2. The lowest BCUT2D eigenvalue weighted by molar-refractivity contribution is -0.142. The summed E-state index contributed by atoms with van der Waals surface area (Å²) in [6, 6.07) is 5.19. The lowest BCUT2D eigenvalue weighted by Gasteiger charge is -2.31. The zero-order valence-electron chi connectivity index (χ0n) is 33.6. The van der Waals surface area contributed by atoms with Crippen molar-refractivity contribution in [2.45, 2.75) is 108 Å². The van der Waals surface area contributed by atoms with Crippen molar-refractivity contribution in [1.82, 2.24) is 31.9 Å². The number of hydrogen-bond donors (Lipinski definition) is 10. The van der Waals surface area contributed by atoms with Gasteiger partial charge in [-0.1, -0.05) is 63.2 Å². The van der Waals surface area contributed by atoms with E-state index in [9.17, 15) is 63.6 Å². The molecule has 10 N–H and O–H groups in total. The van der Waals surface area contributed by atoms with E-state index in [-0.39, 0.29) is 30.4 Å². The number of phenolic OH excluding ortho intramolecular Hbond substituents is 1. The summed E-state index contributed by atoms with van der Waals surface area (Å²) in [4.78, 5) is 116. The first-order valence-electron chi connectivity index (χ1n) is 19.0. The van der Waals surface area contributed by atoms with Crippen molar-refractivity contribution in [3.8, 4) is 5.75 Å². The summed E-state index contributed by atoms with van der Waals surface area (Å²) in [5.74, 6) is -8.88. The number of benzene rings is 2. The summed E-state index contributed by atoms with van der Waals surface area (Å²) in [6.07, 6.45) is -2.85. The Morgan fingerprint density at radius 3 is 1.45 bits per heavy atom. The van der Waals surface area contributed by atoms with E-state index in [1.165, 1.54) is 43.0 Å². The normalized spacial score (nSPS) is 16.3. The number of hydrogen-bond acceptors (Lipinski definition) is 12. The lowest BCUT2D eigenvalue weighted by atomic mass is 9.84. The van der Waals surface area contributed by atoms with Crippen molar-refractivity contribution in [2.75, 3.05) is 5.75 Å². The first-order chi connectivity index (χ1) is 28.1. The van der Waals surface area contributed by atoms with Gasteiger partial charge in [-0.3, -0.25) is 48.5 Å². The molecule has 326 valence electrons. The molecule has 0 spiro atoms. The molecule has 0 bridgehead atoms. The molecule has 0 aliphatic carbocycles. The number of Topliss-reactive ketones (excluding diaryl/α,β-unsaturated/α-hetero) is 1. The molecule has 2 aromatic carbocycles. The number of rotatable bonds is 24. The Kier molecular flexibility index (Phi) is 18.0. The number of aromatic hydroxyl groups is 1. The fourth-order valence-electron chi connectivity index (χ4n) is 6.09. The molecule has 60 heavy (non-hydrogen) atoms. The van der Waals surface area contributed by atoms with E-state index >= 15 is 0 Å². The molecule has 1 aliphatic rings. The highest BCUT2D eigenvalue weighted by Crippen LogP contribution is 2.28. The number of amides is 5. The van der Waals surface area contributed by atoms with Crippen molar-refractivity contribution >= 4 is 65.0 Å². The zero-order valence-corrected chi connectivity index (χ0v) is 34.4. The molecule has 1 heterocycles. The summed E-state index contributed by atoms with van der Waals surface area (Å²) < 4.78 is 0. The molecule has 3 rings (SSSR count). The van der Waals surface area contributed by atoms with Crippen LogP contribution < -0.4 is 31.9 Å². The van der Waals surface area contributed by atoms with Gasteiger partial charge in [-0.2, -0.15) is 0 Å².